The van der Waals surface area contributed by atoms with Crippen LogP contribution in [0.3, 0.4) is 0 Å². The first-order valence-electron chi connectivity index (χ1n) is 6.27. The Morgan fingerprint density at radius 3 is 2.74 bits per heavy atom. The number of aromatic amines is 1. The summed E-state index contributed by atoms with van der Waals surface area (Å²) in [5.41, 5.74) is 2.25. The van der Waals surface area contributed by atoms with Crippen LogP contribution < -0.4 is 10.9 Å². The van der Waals surface area contributed by atoms with Crippen molar-refractivity contribution >= 4 is 0 Å². The number of nitrogens with zero attached hydrogens (tertiary/aromatic N) is 1. The monoisotopic (exact) mass is 261 g/mol. The summed E-state index contributed by atoms with van der Waals surface area (Å²) >= 11 is 0. The second kappa shape index (κ2) is 5.01. The van der Waals surface area contributed by atoms with Gasteiger partial charge in [0.05, 0.1) is 5.69 Å². The normalized spacial score (nSPS) is 11.8. The summed E-state index contributed by atoms with van der Waals surface area (Å²) in [7, 11) is 0. The van der Waals surface area contributed by atoms with Gasteiger partial charge in [-0.2, -0.15) is 0 Å². The third-order valence-corrected chi connectivity index (χ3v) is 3.28. The van der Waals surface area contributed by atoms with Gasteiger partial charge >= 0.3 is 0 Å². The van der Waals surface area contributed by atoms with Crippen molar-refractivity contribution in [2.24, 2.45) is 0 Å². The van der Waals surface area contributed by atoms with Gasteiger partial charge in [-0.1, -0.05) is 11.2 Å². The number of pyridine rings is 1. The van der Waals surface area contributed by atoms with E-state index < -0.39 is 0 Å². The van der Waals surface area contributed by atoms with Crippen molar-refractivity contribution in [2.45, 2.75) is 39.8 Å². The Kier molecular flexibility index (Phi) is 3.57. The minimum atomic E-state index is -0.309. The third kappa shape index (κ3) is 2.76. The summed E-state index contributed by atoms with van der Waals surface area (Å²) in [6.07, 6.45) is 1.63. The molecule has 2 aromatic rings. The molecule has 5 heteroatoms. The van der Waals surface area contributed by atoms with Crippen LogP contribution in [0.2, 0.25) is 0 Å². The second-order valence-corrected chi connectivity index (χ2v) is 5.20. The number of nitrogens with one attached hydrogen (secondary N) is 2. The maximum atomic E-state index is 11.6. The molecule has 2 N–H and O–H groups in total. The van der Waals surface area contributed by atoms with E-state index in [1.165, 1.54) is 0 Å². The van der Waals surface area contributed by atoms with Gasteiger partial charge in [0.15, 0.2) is 0 Å². The van der Waals surface area contributed by atoms with Gasteiger partial charge in [0.1, 0.15) is 5.76 Å². The van der Waals surface area contributed by atoms with Gasteiger partial charge in [0.25, 0.3) is 5.56 Å². The molecule has 0 saturated heterocycles. The first-order chi connectivity index (χ1) is 8.92. The van der Waals surface area contributed by atoms with Gasteiger partial charge in [-0.15, -0.1) is 0 Å². The second-order valence-electron chi connectivity index (χ2n) is 5.20. The molecule has 0 saturated carbocycles. The van der Waals surface area contributed by atoms with Crippen LogP contribution in [0.1, 0.15) is 36.4 Å². The average Bonchev–Trinajstić information content (AvgIpc) is 2.69. The van der Waals surface area contributed by atoms with E-state index in [1.54, 1.807) is 6.20 Å². The molecule has 0 aliphatic heterocycles. The molecule has 2 aromatic heterocycles. The quantitative estimate of drug-likeness (QED) is 0.883. The molecular weight excluding hydrogens is 242 g/mol. The highest BCUT2D eigenvalue weighted by molar-refractivity contribution is 5.29. The standard InChI is InChI=1S/C14H19N3O2/c1-9-12(10(2)19-17-9)14(3,4)16-8-11-6-5-7-15-13(11)18/h5-7,16H,8H2,1-4H3,(H,15,18). The molecular formula is C14H19N3O2. The highest BCUT2D eigenvalue weighted by atomic mass is 16.5. The van der Waals surface area contributed by atoms with Gasteiger partial charge in [0.2, 0.25) is 0 Å². The Bertz CT molecular complexity index is 606. The number of rotatable bonds is 4. The van der Waals surface area contributed by atoms with Crippen LogP contribution in [0, 0.1) is 13.8 Å². The molecule has 0 aliphatic rings. The Labute approximate surface area is 112 Å². The van der Waals surface area contributed by atoms with Gasteiger partial charge in [0, 0.05) is 29.4 Å². The summed E-state index contributed by atoms with van der Waals surface area (Å²) < 4.78 is 5.20. The molecule has 0 amide bonds. The highest BCUT2D eigenvalue weighted by Crippen LogP contribution is 2.26. The van der Waals surface area contributed by atoms with Crippen molar-refractivity contribution in [3.8, 4) is 0 Å². The van der Waals surface area contributed by atoms with Gasteiger partial charge in [-0.3, -0.25) is 4.79 Å². The topological polar surface area (TPSA) is 70.9 Å². The number of aryl methyl sites for hydroxylation is 2. The number of H-pyrrole nitrogens is 1. The number of aromatic nitrogens is 2. The predicted octanol–water partition coefficient (Wildman–Crippen LogP) is 2.00. The minimum Gasteiger partial charge on any atom is -0.361 e. The van der Waals surface area contributed by atoms with E-state index in [0.29, 0.717) is 12.1 Å². The summed E-state index contributed by atoms with van der Waals surface area (Å²) in [5.74, 6) is 0.803. The maximum Gasteiger partial charge on any atom is 0.252 e. The molecule has 0 fully saturated rings. The van der Waals surface area contributed by atoms with Crippen LogP contribution in [0.5, 0.6) is 0 Å². The van der Waals surface area contributed by atoms with E-state index in [4.69, 9.17) is 4.52 Å². The van der Waals surface area contributed by atoms with Crippen molar-refractivity contribution in [3.63, 3.8) is 0 Å². The molecule has 0 aromatic carbocycles. The van der Waals surface area contributed by atoms with Crippen molar-refractivity contribution in [1.29, 1.82) is 0 Å². The molecule has 19 heavy (non-hydrogen) atoms. The molecule has 0 bridgehead atoms. The van der Waals surface area contributed by atoms with Gasteiger partial charge < -0.3 is 14.8 Å². The van der Waals surface area contributed by atoms with E-state index in [0.717, 1.165) is 17.0 Å². The smallest absolute Gasteiger partial charge is 0.252 e. The summed E-state index contributed by atoms with van der Waals surface area (Å²) in [4.78, 5) is 14.3. The number of hydrogen-bond donors (Lipinski definition) is 2. The molecule has 2 heterocycles. The average molecular weight is 261 g/mol. The molecule has 2 rings (SSSR count). The van der Waals surface area contributed by atoms with Crippen molar-refractivity contribution < 1.29 is 4.52 Å². The fourth-order valence-electron chi connectivity index (χ4n) is 2.38. The maximum absolute atomic E-state index is 11.6. The molecule has 0 spiro atoms. The lowest BCUT2D eigenvalue weighted by atomic mass is 9.92. The lowest BCUT2D eigenvalue weighted by Crippen LogP contribution is -2.38. The lowest BCUT2D eigenvalue weighted by Gasteiger charge is -2.26. The molecule has 0 aliphatic carbocycles. The van der Waals surface area contributed by atoms with Crippen molar-refractivity contribution in [2.75, 3.05) is 0 Å². The molecule has 0 unspecified atom stereocenters. The fourth-order valence-corrected chi connectivity index (χ4v) is 2.38. The van der Waals surface area contributed by atoms with Crippen molar-refractivity contribution in [1.82, 2.24) is 15.5 Å². The number of hydrogen-bond acceptors (Lipinski definition) is 4. The SMILES string of the molecule is Cc1noc(C)c1C(C)(C)NCc1ccc[nH]c1=O. The highest BCUT2D eigenvalue weighted by Gasteiger charge is 2.27. The van der Waals surface area contributed by atoms with E-state index in [9.17, 15) is 4.79 Å². The Balaban J connectivity index is 2.19. The third-order valence-electron chi connectivity index (χ3n) is 3.28. The molecule has 5 nitrogen and oxygen atoms in total. The van der Waals surface area contributed by atoms with E-state index in [2.05, 4.69) is 29.3 Å². The van der Waals surface area contributed by atoms with Crippen LogP contribution in [0.15, 0.2) is 27.6 Å². The largest absolute Gasteiger partial charge is 0.361 e. The van der Waals surface area contributed by atoms with Crippen LogP contribution in [-0.4, -0.2) is 10.1 Å². The Morgan fingerprint density at radius 2 is 2.16 bits per heavy atom. The van der Waals surface area contributed by atoms with Crippen LogP contribution in [0.4, 0.5) is 0 Å². The summed E-state index contributed by atoms with van der Waals surface area (Å²) in [6.45, 7) is 8.42. The fraction of sp³-hybridized carbons (Fsp3) is 0.429. The summed E-state index contributed by atoms with van der Waals surface area (Å²) in [5, 5.41) is 7.35. The zero-order valence-corrected chi connectivity index (χ0v) is 11.7. The van der Waals surface area contributed by atoms with E-state index in [1.807, 2.05) is 26.0 Å². The van der Waals surface area contributed by atoms with E-state index >= 15 is 0 Å². The van der Waals surface area contributed by atoms with E-state index in [-0.39, 0.29) is 11.1 Å². The van der Waals surface area contributed by atoms with Crippen LogP contribution in [-0.2, 0) is 12.1 Å². The molecule has 0 atom stereocenters. The Hall–Kier alpha value is -1.88. The van der Waals surface area contributed by atoms with Crippen LogP contribution in [0.25, 0.3) is 0 Å². The molecule has 0 radical (unpaired) electrons. The summed E-state index contributed by atoms with van der Waals surface area (Å²) in [6, 6.07) is 3.64. The minimum absolute atomic E-state index is 0.0652. The molecule has 102 valence electrons. The Morgan fingerprint density at radius 1 is 1.42 bits per heavy atom. The van der Waals surface area contributed by atoms with Crippen molar-refractivity contribution in [3.05, 3.63) is 51.3 Å². The lowest BCUT2D eigenvalue weighted by molar-refractivity contribution is 0.371. The van der Waals surface area contributed by atoms with Gasteiger partial charge in [-0.05, 0) is 33.8 Å². The predicted molar refractivity (Wildman–Crippen MR) is 72.9 cm³/mol. The zero-order chi connectivity index (χ0) is 14.0. The first-order valence-corrected chi connectivity index (χ1v) is 6.27. The van der Waals surface area contributed by atoms with Gasteiger partial charge in [-0.25, -0.2) is 0 Å². The van der Waals surface area contributed by atoms with Crippen LogP contribution >= 0.6 is 0 Å². The first kappa shape index (κ1) is 13.5. The zero-order valence-electron chi connectivity index (χ0n) is 11.7.